The lowest BCUT2D eigenvalue weighted by Crippen LogP contribution is -2.22. The van der Waals surface area contributed by atoms with E-state index in [0.717, 1.165) is 6.26 Å². The molecule has 0 aliphatic heterocycles. The third-order valence-electron chi connectivity index (χ3n) is 1.66. The Kier molecular flexibility index (Phi) is 3.73. The van der Waals surface area contributed by atoms with Crippen molar-refractivity contribution in [2.45, 2.75) is 26.4 Å². The van der Waals surface area contributed by atoms with E-state index in [1.165, 1.54) is 18.2 Å². The zero-order chi connectivity index (χ0) is 13.1. The molecule has 0 fully saturated rings. The summed E-state index contributed by atoms with van der Waals surface area (Å²) < 4.78 is 9.96. The Hall–Kier alpha value is -2.04. The predicted molar refractivity (Wildman–Crippen MR) is 60.5 cm³/mol. The number of aromatic carboxylic acids is 1. The second kappa shape index (κ2) is 4.86. The van der Waals surface area contributed by atoms with E-state index >= 15 is 0 Å². The van der Waals surface area contributed by atoms with E-state index in [1.807, 2.05) is 0 Å². The van der Waals surface area contributed by atoms with Crippen LogP contribution >= 0.6 is 0 Å². The SMILES string of the molecule is CC(C)(C)OC(=O)/C=C/c1cc(C(=O)O)co1. The summed E-state index contributed by atoms with van der Waals surface area (Å²) >= 11 is 0. The molecule has 0 aromatic carbocycles. The van der Waals surface area contributed by atoms with Gasteiger partial charge in [0.2, 0.25) is 0 Å². The van der Waals surface area contributed by atoms with E-state index in [4.69, 9.17) is 14.3 Å². The number of carboxylic acid groups (broad SMARTS) is 1. The highest BCUT2D eigenvalue weighted by Crippen LogP contribution is 2.11. The molecule has 0 radical (unpaired) electrons. The first-order valence-corrected chi connectivity index (χ1v) is 5.01. The van der Waals surface area contributed by atoms with Gasteiger partial charge in [-0.2, -0.15) is 0 Å². The Labute approximate surface area is 98.7 Å². The third kappa shape index (κ3) is 4.55. The molecule has 5 heteroatoms. The minimum Gasteiger partial charge on any atom is -0.478 e. The number of carbonyl (C=O) groups excluding carboxylic acids is 1. The maximum Gasteiger partial charge on any atom is 0.338 e. The fraction of sp³-hybridized carbons (Fsp3) is 0.333. The van der Waals surface area contributed by atoms with E-state index in [1.54, 1.807) is 20.8 Å². The Balaban J connectivity index is 2.64. The average molecular weight is 238 g/mol. The van der Waals surface area contributed by atoms with E-state index < -0.39 is 17.5 Å². The quantitative estimate of drug-likeness (QED) is 0.646. The molecule has 1 N–H and O–H groups in total. The molecule has 1 aromatic heterocycles. The fourth-order valence-electron chi connectivity index (χ4n) is 1.04. The summed E-state index contributed by atoms with van der Waals surface area (Å²) in [5, 5.41) is 8.65. The van der Waals surface area contributed by atoms with Gasteiger partial charge in [0.1, 0.15) is 17.6 Å². The molecule has 0 bridgehead atoms. The number of carboxylic acids is 1. The largest absolute Gasteiger partial charge is 0.478 e. The monoisotopic (exact) mass is 238 g/mol. The number of carbonyl (C=O) groups is 2. The van der Waals surface area contributed by atoms with Gasteiger partial charge in [0, 0.05) is 6.08 Å². The molecule has 0 atom stereocenters. The van der Waals surface area contributed by atoms with Crippen LogP contribution in [0, 0.1) is 0 Å². The van der Waals surface area contributed by atoms with Gasteiger partial charge in [0.05, 0.1) is 5.56 Å². The number of hydrogen-bond donors (Lipinski definition) is 1. The van der Waals surface area contributed by atoms with Crippen molar-refractivity contribution in [1.29, 1.82) is 0 Å². The molecule has 1 aromatic rings. The second-order valence-corrected chi connectivity index (χ2v) is 4.41. The molecule has 0 saturated carbocycles. The van der Waals surface area contributed by atoms with Crippen molar-refractivity contribution >= 4 is 18.0 Å². The van der Waals surface area contributed by atoms with E-state index in [0.29, 0.717) is 0 Å². The van der Waals surface area contributed by atoms with Crippen molar-refractivity contribution in [3.05, 3.63) is 29.7 Å². The number of ether oxygens (including phenoxy) is 1. The molecule has 0 aliphatic rings. The van der Waals surface area contributed by atoms with Crippen LogP contribution in [0.2, 0.25) is 0 Å². The van der Waals surface area contributed by atoms with Gasteiger partial charge in [-0.15, -0.1) is 0 Å². The lowest BCUT2D eigenvalue weighted by Gasteiger charge is -2.17. The zero-order valence-corrected chi connectivity index (χ0v) is 9.89. The maximum absolute atomic E-state index is 11.3. The summed E-state index contributed by atoms with van der Waals surface area (Å²) in [7, 11) is 0. The van der Waals surface area contributed by atoms with Crippen LogP contribution in [0.15, 0.2) is 22.8 Å². The van der Waals surface area contributed by atoms with Crippen molar-refractivity contribution in [1.82, 2.24) is 0 Å². The van der Waals surface area contributed by atoms with Crippen LogP contribution in [-0.4, -0.2) is 22.6 Å². The standard InChI is InChI=1S/C12H14O5/c1-12(2,3)17-10(13)5-4-9-6-8(7-16-9)11(14)15/h4-7H,1-3H3,(H,14,15)/b5-4+. The maximum atomic E-state index is 11.3. The Morgan fingerprint density at radius 3 is 2.53 bits per heavy atom. The minimum atomic E-state index is -1.08. The van der Waals surface area contributed by atoms with Crippen molar-refractivity contribution in [3.63, 3.8) is 0 Å². The Bertz CT molecular complexity index is 448. The molecule has 1 heterocycles. The highest BCUT2D eigenvalue weighted by atomic mass is 16.6. The van der Waals surface area contributed by atoms with Gasteiger partial charge in [-0.25, -0.2) is 9.59 Å². The molecule has 5 nitrogen and oxygen atoms in total. The number of furan rings is 1. The number of hydrogen-bond acceptors (Lipinski definition) is 4. The predicted octanol–water partition coefficient (Wildman–Crippen LogP) is 2.33. The normalized spacial score (nSPS) is 11.7. The number of esters is 1. The molecule has 0 unspecified atom stereocenters. The van der Waals surface area contributed by atoms with E-state index in [-0.39, 0.29) is 11.3 Å². The van der Waals surface area contributed by atoms with Gasteiger partial charge >= 0.3 is 11.9 Å². The van der Waals surface area contributed by atoms with E-state index in [9.17, 15) is 9.59 Å². The molecule has 17 heavy (non-hydrogen) atoms. The summed E-state index contributed by atoms with van der Waals surface area (Å²) in [6, 6.07) is 1.32. The van der Waals surface area contributed by atoms with Gasteiger partial charge < -0.3 is 14.3 Å². The molecule has 0 saturated heterocycles. The Morgan fingerprint density at radius 1 is 1.41 bits per heavy atom. The van der Waals surface area contributed by atoms with Crippen molar-refractivity contribution in [2.24, 2.45) is 0 Å². The van der Waals surface area contributed by atoms with Crippen LogP contribution in [0.3, 0.4) is 0 Å². The smallest absolute Gasteiger partial charge is 0.338 e. The van der Waals surface area contributed by atoms with Gasteiger partial charge in [-0.3, -0.25) is 0 Å². The second-order valence-electron chi connectivity index (χ2n) is 4.41. The highest BCUT2D eigenvalue weighted by Gasteiger charge is 2.14. The summed E-state index contributed by atoms with van der Waals surface area (Å²) in [4.78, 5) is 21.9. The van der Waals surface area contributed by atoms with E-state index in [2.05, 4.69) is 0 Å². The topological polar surface area (TPSA) is 76.7 Å². The highest BCUT2D eigenvalue weighted by molar-refractivity contribution is 5.89. The summed E-state index contributed by atoms with van der Waals surface area (Å²) in [5.41, 5.74) is -0.523. The summed E-state index contributed by atoms with van der Waals surface area (Å²) in [6.45, 7) is 5.27. The summed E-state index contributed by atoms with van der Waals surface area (Å²) in [6.07, 6.45) is 3.66. The molecule has 0 amide bonds. The first-order chi connectivity index (χ1) is 7.78. The van der Waals surface area contributed by atoms with Crippen molar-refractivity contribution < 1.29 is 23.8 Å². The van der Waals surface area contributed by atoms with Crippen LogP contribution in [-0.2, 0) is 9.53 Å². The summed E-state index contributed by atoms with van der Waals surface area (Å²) in [5.74, 6) is -1.30. The molecule has 0 aliphatic carbocycles. The molecular weight excluding hydrogens is 224 g/mol. The average Bonchev–Trinajstić information content (AvgIpc) is 2.60. The molecule has 0 spiro atoms. The lowest BCUT2D eigenvalue weighted by atomic mass is 10.2. The zero-order valence-electron chi connectivity index (χ0n) is 9.89. The fourth-order valence-corrected chi connectivity index (χ4v) is 1.04. The first-order valence-electron chi connectivity index (χ1n) is 5.01. The van der Waals surface area contributed by atoms with Gasteiger partial charge in [0.25, 0.3) is 0 Å². The molecular formula is C12H14O5. The third-order valence-corrected chi connectivity index (χ3v) is 1.66. The van der Waals surface area contributed by atoms with Crippen LogP contribution in [0.4, 0.5) is 0 Å². The Morgan fingerprint density at radius 2 is 2.06 bits per heavy atom. The van der Waals surface area contributed by atoms with Crippen LogP contribution < -0.4 is 0 Å². The first kappa shape index (κ1) is 13.0. The lowest BCUT2D eigenvalue weighted by molar-refractivity contribution is -0.148. The van der Waals surface area contributed by atoms with Crippen LogP contribution in [0.25, 0.3) is 6.08 Å². The van der Waals surface area contributed by atoms with Crippen LogP contribution in [0.1, 0.15) is 36.9 Å². The van der Waals surface area contributed by atoms with Crippen molar-refractivity contribution in [2.75, 3.05) is 0 Å². The van der Waals surface area contributed by atoms with Gasteiger partial charge in [-0.05, 0) is 32.9 Å². The minimum absolute atomic E-state index is 0.0360. The van der Waals surface area contributed by atoms with Gasteiger partial charge in [0.15, 0.2) is 0 Å². The van der Waals surface area contributed by atoms with Crippen LogP contribution in [0.5, 0.6) is 0 Å². The van der Waals surface area contributed by atoms with Gasteiger partial charge in [-0.1, -0.05) is 0 Å². The molecule has 1 rings (SSSR count). The van der Waals surface area contributed by atoms with Crippen molar-refractivity contribution in [3.8, 4) is 0 Å². The number of rotatable bonds is 3. The molecule has 92 valence electrons.